The van der Waals surface area contributed by atoms with Crippen LogP contribution < -0.4 is 5.32 Å². The maximum absolute atomic E-state index is 12.4. The first kappa shape index (κ1) is 12.4. The maximum Gasteiger partial charge on any atom is 0.179 e. The lowest BCUT2D eigenvalue weighted by molar-refractivity contribution is 0.0991. The van der Waals surface area contributed by atoms with E-state index in [0.29, 0.717) is 12.6 Å². The lowest BCUT2D eigenvalue weighted by Crippen LogP contribution is -2.25. The van der Waals surface area contributed by atoms with Crippen molar-refractivity contribution in [3.63, 3.8) is 0 Å². The van der Waals surface area contributed by atoms with Gasteiger partial charge in [0.15, 0.2) is 5.78 Å². The number of nitrogens with one attached hydrogen (secondary N) is 2. The minimum atomic E-state index is 0.197. The number of Topliss-reactive ketones (excluding diaryl/α,β-unsaturated/α-hetero) is 1. The zero-order valence-electron chi connectivity index (χ0n) is 11.8. The Morgan fingerprint density at radius 2 is 2.05 bits per heavy atom. The van der Waals surface area contributed by atoms with E-state index in [4.69, 9.17) is 0 Å². The third-order valence-electron chi connectivity index (χ3n) is 3.83. The molecule has 0 aliphatic heterocycles. The quantitative estimate of drug-likeness (QED) is 0.826. The first-order valence-corrected chi connectivity index (χ1v) is 6.92. The van der Waals surface area contributed by atoms with Crippen LogP contribution in [0.15, 0.2) is 12.1 Å². The Balaban J connectivity index is 2.01. The summed E-state index contributed by atoms with van der Waals surface area (Å²) in [6.45, 7) is 6.59. The lowest BCUT2D eigenvalue weighted by atomic mass is 10.0. The molecule has 1 aliphatic rings. The van der Waals surface area contributed by atoms with Crippen LogP contribution in [0.5, 0.6) is 0 Å². The molecule has 3 nitrogen and oxygen atoms in total. The predicted molar refractivity (Wildman–Crippen MR) is 77.9 cm³/mol. The Labute approximate surface area is 113 Å². The van der Waals surface area contributed by atoms with Crippen LogP contribution in [0.1, 0.15) is 40.0 Å². The van der Waals surface area contributed by atoms with E-state index in [1.54, 1.807) is 0 Å². The number of aromatic nitrogens is 1. The van der Waals surface area contributed by atoms with Gasteiger partial charge in [0.25, 0.3) is 0 Å². The van der Waals surface area contributed by atoms with Gasteiger partial charge in [0, 0.05) is 28.2 Å². The molecule has 3 rings (SSSR count). The molecule has 0 spiro atoms. The zero-order chi connectivity index (χ0) is 13.6. The van der Waals surface area contributed by atoms with E-state index in [-0.39, 0.29) is 5.78 Å². The van der Waals surface area contributed by atoms with Gasteiger partial charge in [-0.3, -0.25) is 4.79 Å². The highest BCUT2D eigenvalue weighted by Crippen LogP contribution is 2.27. The van der Waals surface area contributed by atoms with E-state index in [1.165, 1.54) is 24.0 Å². The van der Waals surface area contributed by atoms with Crippen LogP contribution in [0.25, 0.3) is 10.9 Å². The zero-order valence-corrected chi connectivity index (χ0v) is 11.8. The maximum atomic E-state index is 12.4. The minimum absolute atomic E-state index is 0.197. The first-order valence-electron chi connectivity index (χ1n) is 6.92. The number of carbonyl (C=O) groups excluding carboxylic acids is 1. The van der Waals surface area contributed by atoms with Crippen molar-refractivity contribution in [1.29, 1.82) is 0 Å². The van der Waals surface area contributed by atoms with Crippen molar-refractivity contribution in [3.8, 4) is 0 Å². The van der Waals surface area contributed by atoms with Gasteiger partial charge in [-0.25, -0.2) is 0 Å². The van der Waals surface area contributed by atoms with E-state index < -0.39 is 0 Å². The molecule has 1 aromatic heterocycles. The number of ketones is 1. The van der Waals surface area contributed by atoms with Crippen molar-refractivity contribution in [3.05, 3.63) is 34.5 Å². The SMILES string of the molecule is Cc1cc(C)c2c(C(=O)CNC3CC3)c(C)[nH]c2c1. The molecule has 1 fully saturated rings. The van der Waals surface area contributed by atoms with Gasteiger partial charge >= 0.3 is 0 Å². The molecule has 2 N–H and O–H groups in total. The summed E-state index contributed by atoms with van der Waals surface area (Å²) in [6.07, 6.45) is 2.41. The molecular weight excluding hydrogens is 236 g/mol. The summed E-state index contributed by atoms with van der Waals surface area (Å²) < 4.78 is 0. The van der Waals surface area contributed by atoms with Gasteiger partial charge in [-0.1, -0.05) is 6.07 Å². The van der Waals surface area contributed by atoms with Crippen molar-refractivity contribution >= 4 is 16.7 Å². The number of rotatable bonds is 4. The second-order valence-electron chi connectivity index (χ2n) is 5.71. The average Bonchev–Trinajstić information content (AvgIpc) is 3.08. The Morgan fingerprint density at radius 3 is 2.74 bits per heavy atom. The molecule has 0 atom stereocenters. The van der Waals surface area contributed by atoms with Crippen LogP contribution in [0.2, 0.25) is 0 Å². The highest BCUT2D eigenvalue weighted by atomic mass is 16.1. The van der Waals surface area contributed by atoms with Crippen LogP contribution in [0.3, 0.4) is 0 Å². The van der Waals surface area contributed by atoms with Gasteiger partial charge in [0.2, 0.25) is 0 Å². The Kier molecular flexibility index (Phi) is 2.94. The predicted octanol–water partition coefficient (Wildman–Crippen LogP) is 3.03. The minimum Gasteiger partial charge on any atom is -0.358 e. The van der Waals surface area contributed by atoms with E-state index >= 15 is 0 Å². The van der Waals surface area contributed by atoms with Crippen LogP contribution in [0, 0.1) is 20.8 Å². The lowest BCUT2D eigenvalue weighted by Gasteiger charge is -2.05. The second-order valence-corrected chi connectivity index (χ2v) is 5.71. The third-order valence-corrected chi connectivity index (χ3v) is 3.83. The fraction of sp³-hybridized carbons (Fsp3) is 0.438. The number of H-pyrrole nitrogens is 1. The van der Waals surface area contributed by atoms with Gasteiger partial charge in [0.1, 0.15) is 0 Å². The summed E-state index contributed by atoms with van der Waals surface area (Å²) in [5.74, 6) is 0.197. The highest BCUT2D eigenvalue weighted by Gasteiger charge is 2.23. The Hall–Kier alpha value is -1.61. The van der Waals surface area contributed by atoms with E-state index in [2.05, 4.69) is 36.3 Å². The van der Waals surface area contributed by atoms with Crippen LogP contribution in [-0.2, 0) is 0 Å². The topological polar surface area (TPSA) is 44.9 Å². The van der Waals surface area contributed by atoms with Crippen LogP contribution in [-0.4, -0.2) is 23.4 Å². The molecule has 1 aliphatic carbocycles. The summed E-state index contributed by atoms with van der Waals surface area (Å²) in [5.41, 5.74) is 5.31. The largest absolute Gasteiger partial charge is 0.358 e. The second kappa shape index (κ2) is 4.49. The fourth-order valence-corrected chi connectivity index (χ4v) is 2.81. The molecule has 100 valence electrons. The van der Waals surface area contributed by atoms with E-state index in [9.17, 15) is 4.79 Å². The summed E-state index contributed by atoms with van der Waals surface area (Å²) in [7, 11) is 0. The van der Waals surface area contributed by atoms with Crippen molar-refractivity contribution in [2.24, 2.45) is 0 Å². The van der Waals surface area contributed by atoms with Crippen molar-refractivity contribution < 1.29 is 4.79 Å². The fourth-order valence-electron chi connectivity index (χ4n) is 2.81. The average molecular weight is 256 g/mol. The molecule has 2 aromatic rings. The molecule has 1 aromatic carbocycles. The summed E-state index contributed by atoms with van der Waals surface area (Å²) in [5, 5.41) is 4.39. The van der Waals surface area contributed by atoms with E-state index in [1.807, 2.05) is 6.92 Å². The molecule has 3 heteroatoms. The molecule has 0 unspecified atom stereocenters. The number of aryl methyl sites for hydroxylation is 3. The third kappa shape index (κ3) is 2.30. The summed E-state index contributed by atoms with van der Waals surface area (Å²) in [4.78, 5) is 15.8. The molecular formula is C16H20N2O. The van der Waals surface area contributed by atoms with Crippen molar-refractivity contribution in [1.82, 2.24) is 10.3 Å². The number of aromatic amines is 1. The van der Waals surface area contributed by atoms with Gasteiger partial charge in [-0.05, 0) is 50.8 Å². The monoisotopic (exact) mass is 256 g/mol. The first-order chi connectivity index (χ1) is 9.06. The molecule has 0 amide bonds. The van der Waals surface area contributed by atoms with Gasteiger partial charge in [-0.2, -0.15) is 0 Å². The van der Waals surface area contributed by atoms with Crippen LogP contribution >= 0.6 is 0 Å². The Morgan fingerprint density at radius 1 is 1.32 bits per heavy atom. The van der Waals surface area contributed by atoms with Crippen LogP contribution in [0.4, 0.5) is 0 Å². The summed E-state index contributed by atoms with van der Waals surface area (Å²) in [6, 6.07) is 4.82. The standard InChI is InChI=1S/C16H20N2O/c1-9-6-10(2)15-13(7-9)18-11(3)16(15)14(19)8-17-12-4-5-12/h6-7,12,17-18H,4-5,8H2,1-3H3. The molecule has 1 saturated carbocycles. The molecule has 19 heavy (non-hydrogen) atoms. The number of hydrogen-bond donors (Lipinski definition) is 2. The normalized spacial score (nSPS) is 15.1. The number of benzene rings is 1. The molecule has 1 heterocycles. The Bertz CT molecular complexity index is 650. The van der Waals surface area contributed by atoms with Gasteiger partial charge < -0.3 is 10.3 Å². The number of hydrogen-bond acceptors (Lipinski definition) is 2. The van der Waals surface area contributed by atoms with Gasteiger partial charge in [-0.15, -0.1) is 0 Å². The van der Waals surface area contributed by atoms with Gasteiger partial charge in [0.05, 0.1) is 6.54 Å². The van der Waals surface area contributed by atoms with E-state index in [0.717, 1.165) is 22.2 Å². The smallest absolute Gasteiger partial charge is 0.179 e. The molecule has 0 saturated heterocycles. The molecule has 0 radical (unpaired) electrons. The van der Waals surface area contributed by atoms with Crippen molar-refractivity contribution in [2.45, 2.75) is 39.7 Å². The number of carbonyl (C=O) groups is 1. The highest BCUT2D eigenvalue weighted by molar-refractivity contribution is 6.11. The summed E-state index contributed by atoms with van der Waals surface area (Å²) >= 11 is 0. The van der Waals surface area contributed by atoms with Crippen molar-refractivity contribution in [2.75, 3.05) is 6.54 Å². The number of fused-ring (bicyclic) bond motifs is 1. The molecule has 0 bridgehead atoms.